The number of nitrogens with one attached hydrogen (secondary N) is 2. The Morgan fingerprint density at radius 2 is 2.33 bits per heavy atom. The number of halogens is 2. The van der Waals surface area contributed by atoms with Crippen molar-refractivity contribution in [2.75, 3.05) is 24.6 Å². The SMILES string of the molecule is Cc1cc(F)ccc1CCNC(=O)CC1CSCCN1.Cl. The fourth-order valence-corrected chi connectivity index (χ4v) is 3.27. The second-order valence-electron chi connectivity index (χ2n) is 5.10. The number of amides is 1. The molecule has 1 aliphatic rings. The number of aryl methyl sites for hydroxylation is 1. The van der Waals surface area contributed by atoms with Gasteiger partial charge in [0.2, 0.25) is 5.91 Å². The maximum absolute atomic E-state index is 13.0. The lowest BCUT2D eigenvalue weighted by Gasteiger charge is -2.22. The Balaban J connectivity index is 0.00000220. The van der Waals surface area contributed by atoms with Gasteiger partial charge in [0.1, 0.15) is 5.82 Å². The lowest BCUT2D eigenvalue weighted by atomic mass is 10.1. The summed E-state index contributed by atoms with van der Waals surface area (Å²) in [7, 11) is 0. The van der Waals surface area contributed by atoms with Crippen molar-refractivity contribution in [1.82, 2.24) is 10.6 Å². The Hall–Kier alpha value is -0.780. The van der Waals surface area contributed by atoms with Gasteiger partial charge in [0, 0.05) is 37.1 Å². The number of carbonyl (C=O) groups excluding carboxylic acids is 1. The highest BCUT2D eigenvalue weighted by Crippen LogP contribution is 2.11. The molecular formula is C15H22ClFN2OS. The molecule has 1 fully saturated rings. The van der Waals surface area contributed by atoms with Crippen LogP contribution in [0.2, 0.25) is 0 Å². The first kappa shape index (κ1) is 18.3. The first-order chi connectivity index (χ1) is 9.65. The summed E-state index contributed by atoms with van der Waals surface area (Å²) in [5, 5.41) is 6.29. The van der Waals surface area contributed by atoms with Crippen molar-refractivity contribution < 1.29 is 9.18 Å². The van der Waals surface area contributed by atoms with E-state index >= 15 is 0 Å². The minimum atomic E-state index is -0.212. The molecule has 118 valence electrons. The molecular weight excluding hydrogens is 311 g/mol. The molecule has 0 bridgehead atoms. The van der Waals surface area contributed by atoms with Crippen LogP contribution in [0, 0.1) is 12.7 Å². The second kappa shape index (κ2) is 9.28. The minimum absolute atomic E-state index is 0. The van der Waals surface area contributed by atoms with Crippen LogP contribution in [0.15, 0.2) is 18.2 Å². The van der Waals surface area contributed by atoms with Gasteiger partial charge in [0.15, 0.2) is 0 Å². The highest BCUT2D eigenvalue weighted by molar-refractivity contribution is 7.99. The van der Waals surface area contributed by atoms with Crippen molar-refractivity contribution in [2.45, 2.75) is 25.8 Å². The Morgan fingerprint density at radius 3 is 3.00 bits per heavy atom. The smallest absolute Gasteiger partial charge is 0.221 e. The molecule has 0 aromatic heterocycles. The largest absolute Gasteiger partial charge is 0.356 e. The third-order valence-corrected chi connectivity index (χ3v) is 4.58. The molecule has 0 aliphatic carbocycles. The van der Waals surface area contributed by atoms with Crippen molar-refractivity contribution in [3.05, 3.63) is 35.1 Å². The summed E-state index contributed by atoms with van der Waals surface area (Å²) in [6, 6.07) is 5.07. The quantitative estimate of drug-likeness (QED) is 0.869. The number of benzene rings is 1. The molecule has 1 aromatic carbocycles. The van der Waals surface area contributed by atoms with E-state index in [9.17, 15) is 9.18 Å². The van der Waals surface area contributed by atoms with Crippen LogP contribution in [-0.2, 0) is 11.2 Å². The third kappa shape index (κ3) is 6.24. The average molecular weight is 333 g/mol. The summed E-state index contributed by atoms with van der Waals surface area (Å²) in [5.41, 5.74) is 2.02. The van der Waals surface area contributed by atoms with Crippen LogP contribution < -0.4 is 10.6 Å². The molecule has 2 rings (SSSR count). The predicted molar refractivity (Wildman–Crippen MR) is 88.8 cm³/mol. The van der Waals surface area contributed by atoms with Crippen molar-refractivity contribution in [3.8, 4) is 0 Å². The number of hydrogen-bond donors (Lipinski definition) is 2. The average Bonchev–Trinajstić information content (AvgIpc) is 2.42. The van der Waals surface area contributed by atoms with Crippen LogP contribution in [0.25, 0.3) is 0 Å². The zero-order valence-corrected chi connectivity index (χ0v) is 13.8. The van der Waals surface area contributed by atoms with Gasteiger partial charge in [-0.1, -0.05) is 6.07 Å². The lowest BCUT2D eigenvalue weighted by molar-refractivity contribution is -0.121. The van der Waals surface area contributed by atoms with Crippen molar-refractivity contribution in [1.29, 1.82) is 0 Å². The molecule has 6 heteroatoms. The maximum atomic E-state index is 13.0. The molecule has 1 aliphatic heterocycles. The highest BCUT2D eigenvalue weighted by atomic mass is 35.5. The molecule has 21 heavy (non-hydrogen) atoms. The van der Waals surface area contributed by atoms with Gasteiger partial charge in [-0.2, -0.15) is 11.8 Å². The van der Waals surface area contributed by atoms with E-state index < -0.39 is 0 Å². The molecule has 1 atom stereocenters. The van der Waals surface area contributed by atoms with Crippen molar-refractivity contribution in [2.24, 2.45) is 0 Å². The zero-order valence-electron chi connectivity index (χ0n) is 12.2. The molecule has 1 saturated heterocycles. The summed E-state index contributed by atoms with van der Waals surface area (Å²) in [4.78, 5) is 11.8. The first-order valence-electron chi connectivity index (χ1n) is 6.98. The van der Waals surface area contributed by atoms with E-state index in [2.05, 4.69) is 10.6 Å². The Kier molecular flexibility index (Phi) is 8.07. The summed E-state index contributed by atoms with van der Waals surface area (Å²) in [6.45, 7) is 3.48. The molecule has 1 heterocycles. The Morgan fingerprint density at radius 1 is 1.52 bits per heavy atom. The van der Waals surface area contributed by atoms with Gasteiger partial charge < -0.3 is 10.6 Å². The van der Waals surface area contributed by atoms with Crippen LogP contribution in [0.1, 0.15) is 17.5 Å². The van der Waals surface area contributed by atoms with Crippen LogP contribution >= 0.6 is 24.2 Å². The van der Waals surface area contributed by atoms with Gasteiger partial charge in [-0.25, -0.2) is 4.39 Å². The van der Waals surface area contributed by atoms with E-state index in [-0.39, 0.29) is 24.1 Å². The molecule has 1 amide bonds. The monoisotopic (exact) mass is 332 g/mol. The number of thioether (sulfide) groups is 1. The summed E-state index contributed by atoms with van der Waals surface area (Å²) in [6.07, 6.45) is 1.28. The first-order valence-corrected chi connectivity index (χ1v) is 8.13. The van der Waals surface area contributed by atoms with Crippen LogP contribution in [0.4, 0.5) is 4.39 Å². The topological polar surface area (TPSA) is 41.1 Å². The standard InChI is InChI=1S/C15H21FN2OS.ClH/c1-11-8-13(16)3-2-12(11)4-5-18-15(19)9-14-10-20-7-6-17-14;/h2-3,8,14,17H,4-7,9-10H2,1H3,(H,18,19);1H. The molecule has 3 nitrogen and oxygen atoms in total. The van der Waals surface area contributed by atoms with Crippen molar-refractivity contribution in [3.63, 3.8) is 0 Å². The van der Waals surface area contributed by atoms with E-state index in [4.69, 9.17) is 0 Å². The maximum Gasteiger partial charge on any atom is 0.221 e. The van der Waals surface area contributed by atoms with Gasteiger partial charge in [-0.3, -0.25) is 4.79 Å². The van der Waals surface area contributed by atoms with Crippen LogP contribution in [-0.4, -0.2) is 36.5 Å². The van der Waals surface area contributed by atoms with E-state index in [1.165, 1.54) is 12.1 Å². The Bertz CT molecular complexity index is 467. The lowest BCUT2D eigenvalue weighted by Crippen LogP contribution is -2.41. The predicted octanol–water partition coefficient (Wildman–Crippen LogP) is 2.31. The van der Waals surface area contributed by atoms with E-state index in [0.717, 1.165) is 35.6 Å². The summed E-state index contributed by atoms with van der Waals surface area (Å²) < 4.78 is 13.0. The number of hydrogen-bond acceptors (Lipinski definition) is 3. The number of rotatable bonds is 5. The summed E-state index contributed by atoms with van der Waals surface area (Å²) >= 11 is 1.89. The number of carbonyl (C=O) groups is 1. The van der Waals surface area contributed by atoms with E-state index in [1.54, 1.807) is 6.07 Å². The minimum Gasteiger partial charge on any atom is -0.356 e. The molecule has 0 radical (unpaired) electrons. The third-order valence-electron chi connectivity index (χ3n) is 3.45. The Labute approximate surface area is 135 Å². The fourth-order valence-electron chi connectivity index (χ4n) is 2.32. The van der Waals surface area contributed by atoms with Gasteiger partial charge in [0.05, 0.1) is 0 Å². The van der Waals surface area contributed by atoms with Gasteiger partial charge in [0.25, 0.3) is 0 Å². The van der Waals surface area contributed by atoms with Gasteiger partial charge in [-0.05, 0) is 36.6 Å². The molecule has 0 saturated carbocycles. The van der Waals surface area contributed by atoms with Crippen molar-refractivity contribution >= 4 is 30.1 Å². The second-order valence-corrected chi connectivity index (χ2v) is 6.25. The zero-order chi connectivity index (χ0) is 14.4. The normalized spacial score (nSPS) is 17.9. The van der Waals surface area contributed by atoms with Crippen LogP contribution in [0.5, 0.6) is 0 Å². The van der Waals surface area contributed by atoms with Crippen LogP contribution in [0.3, 0.4) is 0 Å². The highest BCUT2D eigenvalue weighted by Gasteiger charge is 2.16. The molecule has 1 unspecified atom stereocenters. The van der Waals surface area contributed by atoms with E-state index in [1.807, 2.05) is 18.7 Å². The molecule has 0 spiro atoms. The van der Waals surface area contributed by atoms with Gasteiger partial charge >= 0.3 is 0 Å². The summed E-state index contributed by atoms with van der Waals surface area (Å²) in [5.74, 6) is 2.01. The molecule has 1 aromatic rings. The fraction of sp³-hybridized carbons (Fsp3) is 0.533. The van der Waals surface area contributed by atoms with E-state index in [0.29, 0.717) is 19.0 Å². The molecule has 2 N–H and O–H groups in total. The van der Waals surface area contributed by atoms with Gasteiger partial charge in [-0.15, -0.1) is 12.4 Å².